The summed E-state index contributed by atoms with van der Waals surface area (Å²) >= 11 is 0. The summed E-state index contributed by atoms with van der Waals surface area (Å²) in [6, 6.07) is 6.15. The van der Waals surface area contributed by atoms with E-state index in [1.54, 1.807) is 24.3 Å². The van der Waals surface area contributed by atoms with Gasteiger partial charge in [-0.05, 0) is 43.0 Å². The number of carbonyl (C=O) groups excluding carboxylic acids is 1. The van der Waals surface area contributed by atoms with Gasteiger partial charge in [0.25, 0.3) is 5.91 Å². The highest BCUT2D eigenvalue weighted by Gasteiger charge is 2.39. The van der Waals surface area contributed by atoms with Crippen molar-refractivity contribution < 1.29 is 19.4 Å². The molecule has 5 heteroatoms. The van der Waals surface area contributed by atoms with Gasteiger partial charge in [-0.3, -0.25) is 4.79 Å². The molecule has 0 saturated carbocycles. The van der Waals surface area contributed by atoms with Crippen LogP contribution in [-0.2, 0) is 4.79 Å². The Bertz CT molecular complexity index is 512. The van der Waals surface area contributed by atoms with Crippen LogP contribution in [-0.4, -0.2) is 41.1 Å². The van der Waals surface area contributed by atoms with Crippen LogP contribution < -0.4 is 4.74 Å². The first kappa shape index (κ1) is 15.4. The second-order valence-electron chi connectivity index (χ2n) is 5.42. The van der Waals surface area contributed by atoms with Gasteiger partial charge in [0.2, 0.25) is 0 Å². The molecule has 1 fully saturated rings. The minimum absolute atomic E-state index is 0.0152. The third-order valence-corrected chi connectivity index (χ3v) is 3.79. The monoisotopic (exact) mass is 291 g/mol. The number of likely N-dealkylation sites (tertiary alicyclic amines) is 1. The average molecular weight is 291 g/mol. The second-order valence-corrected chi connectivity index (χ2v) is 5.42. The molecule has 0 aromatic heterocycles. The molecular formula is C16H21NO4. The zero-order valence-corrected chi connectivity index (χ0v) is 12.4. The lowest BCUT2D eigenvalue weighted by atomic mass is 10.0. The highest BCUT2D eigenvalue weighted by Crippen LogP contribution is 2.26. The Kier molecular flexibility index (Phi) is 4.83. The van der Waals surface area contributed by atoms with Gasteiger partial charge in [0.05, 0.1) is 6.61 Å². The molecule has 21 heavy (non-hydrogen) atoms. The number of ether oxygens (including phenoxy) is 1. The number of benzene rings is 1. The van der Waals surface area contributed by atoms with Crippen LogP contribution in [0.3, 0.4) is 0 Å². The zero-order valence-electron chi connectivity index (χ0n) is 12.4. The molecule has 114 valence electrons. The molecule has 1 aliphatic rings. The van der Waals surface area contributed by atoms with Gasteiger partial charge in [-0.15, -0.1) is 0 Å². The summed E-state index contributed by atoms with van der Waals surface area (Å²) in [5.41, 5.74) is 0.499. The number of rotatable bonds is 5. The van der Waals surface area contributed by atoms with Crippen LogP contribution in [0.15, 0.2) is 24.3 Å². The highest BCUT2D eigenvalue weighted by molar-refractivity contribution is 5.97. The SMILES string of the molecule is CCCOc1ccc(C(=O)N2CCC(C)C2C(=O)O)cc1. The van der Waals surface area contributed by atoms with Crippen molar-refractivity contribution in [3.05, 3.63) is 29.8 Å². The maximum atomic E-state index is 12.5. The average Bonchev–Trinajstić information content (AvgIpc) is 2.87. The van der Waals surface area contributed by atoms with Crippen molar-refractivity contribution >= 4 is 11.9 Å². The van der Waals surface area contributed by atoms with Crippen molar-refractivity contribution in [3.63, 3.8) is 0 Å². The number of aliphatic carboxylic acids is 1. The molecule has 0 aliphatic carbocycles. The highest BCUT2D eigenvalue weighted by atomic mass is 16.5. The Balaban J connectivity index is 2.10. The van der Waals surface area contributed by atoms with Crippen molar-refractivity contribution in [2.24, 2.45) is 5.92 Å². The summed E-state index contributed by atoms with van der Waals surface area (Å²) in [5, 5.41) is 9.28. The smallest absolute Gasteiger partial charge is 0.326 e. The molecule has 1 heterocycles. The predicted octanol–water partition coefficient (Wildman–Crippen LogP) is 2.41. The summed E-state index contributed by atoms with van der Waals surface area (Å²) in [6.07, 6.45) is 1.65. The van der Waals surface area contributed by atoms with E-state index in [1.165, 1.54) is 4.90 Å². The van der Waals surface area contributed by atoms with Crippen molar-refractivity contribution in [2.75, 3.05) is 13.2 Å². The van der Waals surface area contributed by atoms with E-state index in [-0.39, 0.29) is 11.8 Å². The molecule has 1 saturated heterocycles. The Hall–Kier alpha value is -2.04. The number of carboxylic acid groups (broad SMARTS) is 1. The minimum Gasteiger partial charge on any atom is -0.494 e. The third-order valence-electron chi connectivity index (χ3n) is 3.79. The molecule has 5 nitrogen and oxygen atoms in total. The summed E-state index contributed by atoms with van der Waals surface area (Å²) < 4.78 is 5.47. The Morgan fingerprint density at radius 2 is 2.00 bits per heavy atom. The normalized spacial score (nSPS) is 21.3. The summed E-state index contributed by atoms with van der Waals surface area (Å²) in [7, 11) is 0. The van der Waals surface area contributed by atoms with Gasteiger partial charge in [0.15, 0.2) is 0 Å². The molecular weight excluding hydrogens is 270 g/mol. The molecule has 1 aliphatic heterocycles. The lowest BCUT2D eigenvalue weighted by Gasteiger charge is -2.23. The van der Waals surface area contributed by atoms with E-state index in [1.807, 2.05) is 13.8 Å². The second kappa shape index (κ2) is 6.61. The molecule has 2 unspecified atom stereocenters. The molecule has 2 atom stereocenters. The van der Waals surface area contributed by atoms with E-state index in [2.05, 4.69) is 0 Å². The fourth-order valence-corrected chi connectivity index (χ4v) is 2.63. The molecule has 1 aromatic rings. The molecule has 1 N–H and O–H groups in total. The number of amides is 1. The minimum atomic E-state index is -0.934. The van der Waals surface area contributed by atoms with Crippen molar-refractivity contribution in [3.8, 4) is 5.75 Å². The first-order chi connectivity index (χ1) is 10.0. The van der Waals surface area contributed by atoms with Gasteiger partial charge in [-0.1, -0.05) is 13.8 Å². The van der Waals surface area contributed by atoms with Crippen LogP contribution in [0.1, 0.15) is 37.0 Å². The van der Waals surface area contributed by atoms with E-state index in [9.17, 15) is 14.7 Å². The zero-order chi connectivity index (χ0) is 15.4. The third kappa shape index (κ3) is 3.35. The Morgan fingerprint density at radius 3 is 2.57 bits per heavy atom. The molecule has 0 spiro atoms. The molecule has 1 aromatic carbocycles. The van der Waals surface area contributed by atoms with Crippen LogP contribution >= 0.6 is 0 Å². The van der Waals surface area contributed by atoms with E-state index < -0.39 is 12.0 Å². The number of carboxylic acids is 1. The standard InChI is InChI=1S/C16H21NO4/c1-3-10-21-13-6-4-12(5-7-13)15(18)17-9-8-11(2)14(17)16(19)20/h4-7,11,14H,3,8-10H2,1-2H3,(H,19,20). The van der Waals surface area contributed by atoms with Crippen molar-refractivity contribution in [2.45, 2.75) is 32.7 Å². The largest absolute Gasteiger partial charge is 0.494 e. The number of nitrogens with zero attached hydrogens (tertiary/aromatic N) is 1. The number of carbonyl (C=O) groups is 2. The van der Waals surface area contributed by atoms with E-state index >= 15 is 0 Å². The van der Waals surface area contributed by atoms with E-state index in [4.69, 9.17) is 4.74 Å². The fraction of sp³-hybridized carbons (Fsp3) is 0.500. The summed E-state index contributed by atoms with van der Waals surface area (Å²) in [5.74, 6) is -0.457. The number of hydrogen-bond acceptors (Lipinski definition) is 3. The lowest BCUT2D eigenvalue weighted by Crippen LogP contribution is -2.42. The topological polar surface area (TPSA) is 66.8 Å². The van der Waals surface area contributed by atoms with Crippen LogP contribution in [0.5, 0.6) is 5.75 Å². The van der Waals surface area contributed by atoms with Crippen LogP contribution in [0.4, 0.5) is 0 Å². The van der Waals surface area contributed by atoms with Crippen molar-refractivity contribution in [1.29, 1.82) is 0 Å². The van der Waals surface area contributed by atoms with Crippen LogP contribution in [0.2, 0.25) is 0 Å². The maximum Gasteiger partial charge on any atom is 0.326 e. The molecule has 1 amide bonds. The predicted molar refractivity (Wildman–Crippen MR) is 78.5 cm³/mol. The fourth-order valence-electron chi connectivity index (χ4n) is 2.63. The Morgan fingerprint density at radius 1 is 1.33 bits per heavy atom. The molecule has 0 bridgehead atoms. The first-order valence-corrected chi connectivity index (χ1v) is 7.31. The van der Waals surface area contributed by atoms with Gasteiger partial charge in [0.1, 0.15) is 11.8 Å². The van der Waals surface area contributed by atoms with Gasteiger partial charge in [-0.2, -0.15) is 0 Å². The van der Waals surface area contributed by atoms with Crippen molar-refractivity contribution in [1.82, 2.24) is 4.90 Å². The van der Waals surface area contributed by atoms with Gasteiger partial charge in [0, 0.05) is 12.1 Å². The Labute approximate surface area is 124 Å². The van der Waals surface area contributed by atoms with E-state index in [0.717, 1.165) is 18.6 Å². The maximum absolute atomic E-state index is 12.5. The first-order valence-electron chi connectivity index (χ1n) is 7.31. The van der Waals surface area contributed by atoms with E-state index in [0.29, 0.717) is 18.7 Å². The lowest BCUT2D eigenvalue weighted by molar-refractivity contribution is -0.142. The van der Waals surface area contributed by atoms with Gasteiger partial charge < -0.3 is 14.7 Å². The summed E-state index contributed by atoms with van der Waals surface area (Å²) in [4.78, 5) is 25.2. The quantitative estimate of drug-likeness (QED) is 0.904. The summed E-state index contributed by atoms with van der Waals surface area (Å²) in [6.45, 7) is 5.02. The van der Waals surface area contributed by atoms with Crippen LogP contribution in [0.25, 0.3) is 0 Å². The molecule has 2 rings (SSSR count). The van der Waals surface area contributed by atoms with Crippen LogP contribution in [0, 0.1) is 5.92 Å². The molecule has 0 radical (unpaired) electrons. The van der Waals surface area contributed by atoms with Gasteiger partial charge >= 0.3 is 5.97 Å². The van der Waals surface area contributed by atoms with Gasteiger partial charge in [-0.25, -0.2) is 4.79 Å². The number of hydrogen-bond donors (Lipinski definition) is 1.